The number of methoxy groups -OCH3 is 1. The zero-order valence-corrected chi connectivity index (χ0v) is 41.1. The topological polar surface area (TPSA) is 225 Å². The molecule has 1 aliphatic carbocycles. The predicted molar refractivity (Wildman–Crippen MR) is 250 cm³/mol. The first-order valence-corrected chi connectivity index (χ1v) is 24.8. The first-order valence-electron chi connectivity index (χ1n) is 22.6. The van der Waals surface area contributed by atoms with Crippen LogP contribution in [0, 0.1) is 17.3 Å². The SMILES string of the molecule is CCC1C[C@]1(NC(=O)[C@@H]1C[C@@H](Oc2cc(-c3csc(NC(C)C)n3)nc3cc(OC)ccc23)CN1C(=O)[C@@H](NC(=O)N[C@H](CN1CCCN(C(C)C)S1(=O)=O)C(C)C)C(C)(C)C)C(=O)O. The molecule has 18 nitrogen and oxygen atoms in total. The minimum atomic E-state index is -3.76. The highest BCUT2D eigenvalue weighted by Crippen LogP contribution is 2.46. The third kappa shape index (κ3) is 10.9. The van der Waals surface area contributed by atoms with Gasteiger partial charge in [0.15, 0.2) is 5.13 Å². The zero-order chi connectivity index (χ0) is 47.8. The molecule has 65 heavy (non-hydrogen) atoms. The number of benzene rings is 1. The normalized spacial score (nSPS) is 23.4. The Morgan fingerprint density at radius 3 is 2.34 bits per heavy atom. The van der Waals surface area contributed by atoms with Gasteiger partial charge in [0.1, 0.15) is 40.9 Å². The molecule has 1 unspecified atom stereocenters. The number of carbonyl (C=O) groups excluding carboxylic acids is 3. The number of hydrogen-bond donors (Lipinski definition) is 5. The van der Waals surface area contributed by atoms with Gasteiger partial charge < -0.3 is 40.7 Å². The maximum absolute atomic E-state index is 15.0. The number of carboxylic acid groups (broad SMARTS) is 1. The number of hydrogen-bond acceptors (Lipinski definition) is 12. The van der Waals surface area contributed by atoms with Crippen molar-refractivity contribution in [2.24, 2.45) is 17.3 Å². The van der Waals surface area contributed by atoms with Crippen LogP contribution < -0.4 is 30.7 Å². The molecule has 1 saturated carbocycles. The van der Waals surface area contributed by atoms with E-state index in [1.165, 1.54) is 24.8 Å². The highest BCUT2D eigenvalue weighted by Gasteiger charge is 2.61. The summed E-state index contributed by atoms with van der Waals surface area (Å²) in [5, 5.41) is 25.5. The van der Waals surface area contributed by atoms with E-state index in [4.69, 9.17) is 19.4 Å². The number of likely N-dealkylation sites (tertiary alicyclic amines) is 1. The van der Waals surface area contributed by atoms with Crippen molar-refractivity contribution in [2.45, 2.75) is 137 Å². The van der Waals surface area contributed by atoms with Crippen molar-refractivity contribution in [3.8, 4) is 22.9 Å². The summed E-state index contributed by atoms with van der Waals surface area (Å²) >= 11 is 1.45. The molecule has 0 bridgehead atoms. The summed E-state index contributed by atoms with van der Waals surface area (Å²) in [7, 11) is -2.20. The number of aliphatic carboxylic acids is 1. The Morgan fingerprint density at radius 2 is 1.74 bits per heavy atom. The minimum Gasteiger partial charge on any atom is -0.497 e. The quantitative estimate of drug-likeness (QED) is 0.116. The largest absolute Gasteiger partial charge is 0.497 e. The van der Waals surface area contributed by atoms with Crippen molar-refractivity contribution in [2.75, 3.05) is 38.6 Å². The van der Waals surface area contributed by atoms with Crippen molar-refractivity contribution in [1.29, 1.82) is 0 Å². The van der Waals surface area contributed by atoms with E-state index < -0.39 is 69.2 Å². The van der Waals surface area contributed by atoms with Gasteiger partial charge in [0, 0.05) is 67.1 Å². The number of nitrogens with zero attached hydrogens (tertiary/aromatic N) is 5. The monoisotopic (exact) mass is 941 g/mol. The third-order valence-electron chi connectivity index (χ3n) is 12.5. The lowest BCUT2D eigenvalue weighted by molar-refractivity contribution is -0.146. The Labute approximate surface area is 386 Å². The van der Waals surface area contributed by atoms with Crippen molar-refractivity contribution >= 4 is 61.4 Å². The molecular weight excluding hydrogens is 875 g/mol. The van der Waals surface area contributed by atoms with Gasteiger partial charge in [0.05, 0.1) is 24.9 Å². The number of aromatic nitrogens is 2. The molecule has 0 radical (unpaired) electrons. The lowest BCUT2D eigenvalue weighted by atomic mass is 9.85. The molecule has 20 heteroatoms. The van der Waals surface area contributed by atoms with Gasteiger partial charge >= 0.3 is 12.0 Å². The summed E-state index contributed by atoms with van der Waals surface area (Å²) in [6.07, 6.45) is 0.733. The van der Waals surface area contributed by atoms with E-state index in [9.17, 15) is 32.7 Å². The smallest absolute Gasteiger partial charge is 0.329 e. The van der Waals surface area contributed by atoms with Crippen LogP contribution in [0.25, 0.3) is 22.3 Å². The summed E-state index contributed by atoms with van der Waals surface area (Å²) < 4.78 is 42.2. The fourth-order valence-corrected chi connectivity index (χ4v) is 11.4. The third-order valence-corrected chi connectivity index (χ3v) is 15.5. The maximum atomic E-state index is 15.0. The number of fused-ring (bicyclic) bond motifs is 1. The van der Waals surface area contributed by atoms with Crippen LogP contribution in [-0.4, -0.2) is 136 Å². The molecule has 3 aromatic rings. The standard InChI is InChI=1S/C45H67N9O9S2/c1-12-28-21-45(28,41(57)58)51-39(55)36-19-30(63-37-20-33(35-24-64-43(49-35)46-26(4)5)47-32-18-29(62-11)14-15-31(32)37)22-53(36)40(56)38(44(8,9)10)50-42(59)48-34(25(2)3)23-52-16-13-17-54(27(6)7)65(52,60)61/h14-15,18,20,24-28,30,34,36,38H,12-13,16-17,19,21-23H2,1-11H3,(H,46,49)(H,51,55)(H,57,58)(H2,48,50,59)/t28?,30-,34-,36+,38-,45-/m1/s1. The van der Waals surface area contributed by atoms with E-state index in [1.54, 1.807) is 46.1 Å². The second kappa shape index (κ2) is 19.6. The Balaban J connectivity index is 1.29. The molecule has 2 saturated heterocycles. The second-order valence-corrected chi connectivity index (χ2v) is 22.2. The summed E-state index contributed by atoms with van der Waals surface area (Å²) in [6, 6.07) is 3.53. The number of pyridine rings is 1. The van der Waals surface area contributed by atoms with Crippen molar-refractivity contribution in [1.82, 2.24) is 39.4 Å². The molecule has 4 amide bonds. The summed E-state index contributed by atoms with van der Waals surface area (Å²) in [5.41, 5.74) is -0.603. The Bertz CT molecular complexity index is 2350. The van der Waals surface area contributed by atoms with Gasteiger partial charge in [-0.2, -0.15) is 17.0 Å². The summed E-state index contributed by atoms with van der Waals surface area (Å²) in [5.74, 6) is -1.75. The molecule has 2 aromatic heterocycles. The number of nitrogens with one attached hydrogen (secondary N) is 4. The Kier molecular flexibility index (Phi) is 15.0. The van der Waals surface area contributed by atoms with Crippen LogP contribution in [0.15, 0.2) is 29.6 Å². The van der Waals surface area contributed by atoms with Crippen molar-refractivity contribution in [3.05, 3.63) is 29.6 Å². The number of anilines is 1. The number of thiazole rings is 1. The van der Waals surface area contributed by atoms with Gasteiger partial charge in [-0.05, 0) is 69.9 Å². The molecule has 0 spiro atoms. The number of ether oxygens (including phenoxy) is 2. The minimum absolute atomic E-state index is 0.0225. The molecule has 6 atom stereocenters. The van der Waals surface area contributed by atoms with Gasteiger partial charge in [-0.25, -0.2) is 19.6 Å². The van der Waals surface area contributed by atoms with E-state index >= 15 is 0 Å². The highest BCUT2D eigenvalue weighted by atomic mass is 32.2. The fraction of sp³-hybridized carbons (Fsp3) is 0.644. The lowest BCUT2D eigenvalue weighted by Gasteiger charge is -2.39. The lowest BCUT2D eigenvalue weighted by Crippen LogP contribution is -2.62. The fourth-order valence-electron chi connectivity index (χ4n) is 8.68. The van der Waals surface area contributed by atoms with Crippen LogP contribution in [0.3, 0.4) is 0 Å². The first kappa shape index (κ1) is 49.6. The van der Waals surface area contributed by atoms with Gasteiger partial charge in [0.25, 0.3) is 10.2 Å². The molecule has 2 aliphatic heterocycles. The molecule has 5 N–H and O–H groups in total. The molecule has 1 aromatic carbocycles. The zero-order valence-electron chi connectivity index (χ0n) is 39.4. The van der Waals surface area contributed by atoms with Crippen LogP contribution in [0.2, 0.25) is 0 Å². The first-order chi connectivity index (χ1) is 30.5. The number of amides is 4. The number of urea groups is 1. The predicted octanol–water partition coefficient (Wildman–Crippen LogP) is 5.30. The second-order valence-electron chi connectivity index (χ2n) is 19.5. The van der Waals surface area contributed by atoms with Crippen molar-refractivity contribution < 1.29 is 42.2 Å². The Hall–Kier alpha value is -4.79. The van der Waals surface area contributed by atoms with Gasteiger partial charge in [-0.1, -0.05) is 48.0 Å². The van der Waals surface area contributed by atoms with Crippen LogP contribution in [0.1, 0.15) is 94.9 Å². The van der Waals surface area contributed by atoms with E-state index in [1.807, 2.05) is 59.9 Å². The van der Waals surface area contributed by atoms with E-state index in [2.05, 4.69) is 21.3 Å². The number of rotatable bonds is 17. The van der Waals surface area contributed by atoms with Crippen LogP contribution in [0.5, 0.6) is 11.5 Å². The van der Waals surface area contributed by atoms with Crippen LogP contribution in [-0.2, 0) is 24.6 Å². The summed E-state index contributed by atoms with van der Waals surface area (Å²) in [6.45, 7) is 19.5. The van der Waals surface area contributed by atoms with Crippen molar-refractivity contribution in [3.63, 3.8) is 0 Å². The van der Waals surface area contributed by atoms with Gasteiger partial charge in [-0.15, -0.1) is 11.3 Å². The highest BCUT2D eigenvalue weighted by molar-refractivity contribution is 7.86. The molecule has 4 heterocycles. The van der Waals surface area contributed by atoms with Crippen LogP contribution in [0.4, 0.5) is 9.93 Å². The van der Waals surface area contributed by atoms with E-state index in [0.29, 0.717) is 59.7 Å². The average Bonchev–Trinajstić information content (AvgIpc) is 3.49. The van der Waals surface area contributed by atoms with Gasteiger partial charge in [0.2, 0.25) is 11.8 Å². The van der Waals surface area contributed by atoms with Crippen LogP contribution >= 0.6 is 11.3 Å². The number of carbonyl (C=O) groups is 4. The summed E-state index contributed by atoms with van der Waals surface area (Å²) in [4.78, 5) is 67.0. The molecule has 358 valence electrons. The maximum Gasteiger partial charge on any atom is 0.329 e. The van der Waals surface area contributed by atoms with E-state index in [0.717, 1.165) is 5.13 Å². The van der Waals surface area contributed by atoms with Gasteiger partial charge in [-0.3, -0.25) is 9.59 Å². The average molecular weight is 942 g/mol. The molecule has 3 aliphatic rings. The molecular formula is C45H67N9O9S2. The molecule has 6 rings (SSSR count). The Morgan fingerprint density at radius 1 is 1.02 bits per heavy atom. The number of carboxylic acids is 1. The van der Waals surface area contributed by atoms with E-state index in [-0.39, 0.29) is 49.9 Å². The molecule has 3 fully saturated rings.